The van der Waals surface area contributed by atoms with Gasteiger partial charge in [-0.05, 0) is 43.4 Å². The second kappa shape index (κ2) is 19.7. The van der Waals surface area contributed by atoms with Gasteiger partial charge < -0.3 is 9.47 Å². The third-order valence-corrected chi connectivity index (χ3v) is 7.57. The molecule has 0 aromatic carbocycles. The molecule has 3 unspecified atom stereocenters. The smallest absolute Gasteiger partial charge is 0.434 e. The molecule has 1 saturated carbocycles. The van der Waals surface area contributed by atoms with E-state index in [-0.39, 0.29) is 6.10 Å². The second-order valence-electron chi connectivity index (χ2n) is 10.9. The quantitative estimate of drug-likeness (QED) is 0.144. The topological polar surface area (TPSA) is 35.5 Å². The highest BCUT2D eigenvalue weighted by Crippen LogP contribution is 2.35. The van der Waals surface area contributed by atoms with Gasteiger partial charge in [0.05, 0.1) is 6.61 Å². The molecule has 0 bridgehead atoms. The second-order valence-corrected chi connectivity index (χ2v) is 10.9. The highest BCUT2D eigenvalue weighted by Gasteiger charge is 2.32. The Bertz CT molecular complexity index is 434. The molecule has 0 spiro atoms. The largest absolute Gasteiger partial charge is 0.508 e. The summed E-state index contributed by atoms with van der Waals surface area (Å²) < 4.78 is 11.0. The van der Waals surface area contributed by atoms with Crippen molar-refractivity contribution in [1.29, 1.82) is 0 Å². The summed E-state index contributed by atoms with van der Waals surface area (Å²) in [6, 6.07) is 0. The van der Waals surface area contributed by atoms with E-state index >= 15 is 0 Å². The molecule has 32 heavy (non-hydrogen) atoms. The molecule has 190 valence electrons. The first-order valence-electron chi connectivity index (χ1n) is 14.4. The van der Waals surface area contributed by atoms with Crippen LogP contribution in [0.1, 0.15) is 150 Å². The van der Waals surface area contributed by atoms with E-state index in [4.69, 9.17) is 9.47 Å². The molecular formula is C29H56O3. The molecule has 0 aromatic heterocycles. The fourth-order valence-corrected chi connectivity index (χ4v) is 5.04. The molecule has 0 amide bonds. The first-order valence-corrected chi connectivity index (χ1v) is 14.4. The summed E-state index contributed by atoms with van der Waals surface area (Å²) in [5, 5.41) is 0. The summed E-state index contributed by atoms with van der Waals surface area (Å²) in [6.07, 6.45) is 24.6. The van der Waals surface area contributed by atoms with Crippen LogP contribution in [0.2, 0.25) is 0 Å². The van der Waals surface area contributed by atoms with Gasteiger partial charge in [0.2, 0.25) is 0 Å². The minimum absolute atomic E-state index is 0.0365. The average molecular weight is 453 g/mol. The van der Waals surface area contributed by atoms with Crippen LogP contribution in [0, 0.1) is 17.8 Å². The SMILES string of the molecule is CCCCCCCCCCCCCCCCCCOC(=O)OC1CC(C(C)C)CCC1C. The van der Waals surface area contributed by atoms with Crippen LogP contribution in [0.15, 0.2) is 0 Å². The van der Waals surface area contributed by atoms with Gasteiger partial charge in [-0.2, -0.15) is 0 Å². The molecule has 0 radical (unpaired) electrons. The van der Waals surface area contributed by atoms with Gasteiger partial charge >= 0.3 is 6.16 Å². The number of carbonyl (C=O) groups excluding carboxylic acids is 1. The number of rotatable bonds is 19. The van der Waals surface area contributed by atoms with Gasteiger partial charge in [-0.3, -0.25) is 0 Å². The summed E-state index contributed by atoms with van der Waals surface area (Å²) in [5.74, 6) is 1.78. The van der Waals surface area contributed by atoms with Crippen molar-refractivity contribution in [1.82, 2.24) is 0 Å². The normalized spacial score (nSPS) is 21.1. The van der Waals surface area contributed by atoms with E-state index in [1.54, 1.807) is 0 Å². The van der Waals surface area contributed by atoms with Crippen LogP contribution in [0.5, 0.6) is 0 Å². The fraction of sp³-hybridized carbons (Fsp3) is 0.966. The molecular weight excluding hydrogens is 396 g/mol. The fourth-order valence-electron chi connectivity index (χ4n) is 5.04. The lowest BCUT2D eigenvalue weighted by Crippen LogP contribution is -2.34. The zero-order valence-corrected chi connectivity index (χ0v) is 22.2. The van der Waals surface area contributed by atoms with Gasteiger partial charge in [0.25, 0.3) is 0 Å². The Morgan fingerprint density at radius 2 is 1.22 bits per heavy atom. The lowest BCUT2D eigenvalue weighted by molar-refractivity contribution is -0.0239. The van der Waals surface area contributed by atoms with Crippen LogP contribution in [0.25, 0.3) is 0 Å². The summed E-state index contributed by atoms with van der Waals surface area (Å²) in [6.45, 7) is 9.53. The van der Waals surface area contributed by atoms with Crippen LogP contribution < -0.4 is 0 Å². The molecule has 1 aliphatic rings. The number of unbranched alkanes of at least 4 members (excludes halogenated alkanes) is 15. The summed E-state index contributed by atoms with van der Waals surface area (Å²) in [5.41, 5.74) is 0. The van der Waals surface area contributed by atoms with Crippen molar-refractivity contribution in [2.24, 2.45) is 17.8 Å². The van der Waals surface area contributed by atoms with Crippen LogP contribution in [-0.2, 0) is 9.47 Å². The van der Waals surface area contributed by atoms with Crippen molar-refractivity contribution in [2.45, 2.75) is 156 Å². The highest BCUT2D eigenvalue weighted by molar-refractivity contribution is 5.60. The number of hydrogen-bond donors (Lipinski definition) is 0. The molecule has 3 nitrogen and oxygen atoms in total. The molecule has 0 N–H and O–H groups in total. The Morgan fingerprint density at radius 3 is 1.69 bits per heavy atom. The van der Waals surface area contributed by atoms with Crippen molar-refractivity contribution >= 4 is 6.16 Å². The lowest BCUT2D eigenvalue weighted by atomic mass is 9.76. The van der Waals surface area contributed by atoms with E-state index in [0.29, 0.717) is 24.4 Å². The van der Waals surface area contributed by atoms with Crippen molar-refractivity contribution in [3.05, 3.63) is 0 Å². The third-order valence-electron chi connectivity index (χ3n) is 7.57. The maximum Gasteiger partial charge on any atom is 0.508 e. The Kier molecular flexibility index (Phi) is 18.1. The molecule has 1 rings (SSSR count). The summed E-state index contributed by atoms with van der Waals surface area (Å²) in [4.78, 5) is 12.0. The van der Waals surface area contributed by atoms with Gasteiger partial charge in [-0.25, -0.2) is 4.79 Å². The minimum Gasteiger partial charge on any atom is -0.434 e. The highest BCUT2D eigenvalue weighted by atomic mass is 16.7. The molecule has 0 aliphatic heterocycles. The molecule has 3 atom stereocenters. The van der Waals surface area contributed by atoms with Gasteiger partial charge in [-0.15, -0.1) is 0 Å². The standard InChI is InChI=1S/C29H56O3/c1-5-6-7-8-9-10-11-12-13-14-15-16-17-18-19-20-23-31-29(30)32-28-24-27(25(2)3)22-21-26(28)4/h25-28H,5-24H2,1-4H3. The Labute approximate surface area is 200 Å². The van der Waals surface area contributed by atoms with Crippen LogP contribution >= 0.6 is 0 Å². The van der Waals surface area contributed by atoms with Gasteiger partial charge in [-0.1, -0.05) is 124 Å². The van der Waals surface area contributed by atoms with E-state index in [1.807, 2.05) is 0 Å². The molecule has 1 aliphatic carbocycles. The summed E-state index contributed by atoms with van der Waals surface area (Å²) in [7, 11) is 0. The van der Waals surface area contributed by atoms with Crippen LogP contribution in [0.4, 0.5) is 4.79 Å². The van der Waals surface area contributed by atoms with E-state index in [1.165, 1.54) is 96.3 Å². The zero-order valence-electron chi connectivity index (χ0n) is 22.2. The number of carbonyl (C=O) groups is 1. The van der Waals surface area contributed by atoms with E-state index in [0.717, 1.165) is 25.7 Å². The Morgan fingerprint density at radius 1 is 0.750 bits per heavy atom. The van der Waals surface area contributed by atoms with Crippen molar-refractivity contribution in [3.63, 3.8) is 0 Å². The van der Waals surface area contributed by atoms with Crippen LogP contribution in [0.3, 0.4) is 0 Å². The predicted octanol–water partition coefficient (Wildman–Crippen LogP) is 9.86. The maximum absolute atomic E-state index is 12.0. The van der Waals surface area contributed by atoms with E-state index in [2.05, 4.69) is 27.7 Å². The molecule has 0 aromatic rings. The van der Waals surface area contributed by atoms with Crippen molar-refractivity contribution in [3.8, 4) is 0 Å². The number of hydrogen-bond acceptors (Lipinski definition) is 3. The zero-order chi connectivity index (χ0) is 23.4. The molecule has 0 heterocycles. The van der Waals surface area contributed by atoms with Crippen molar-refractivity contribution < 1.29 is 14.3 Å². The Hall–Kier alpha value is -0.730. The Balaban J connectivity index is 1.85. The minimum atomic E-state index is -0.452. The molecule has 1 fully saturated rings. The number of ether oxygens (including phenoxy) is 2. The van der Waals surface area contributed by atoms with E-state index < -0.39 is 6.16 Å². The average Bonchev–Trinajstić information content (AvgIpc) is 2.77. The van der Waals surface area contributed by atoms with Gasteiger partial charge in [0.15, 0.2) is 0 Å². The predicted molar refractivity (Wildman–Crippen MR) is 137 cm³/mol. The molecule has 3 heteroatoms. The van der Waals surface area contributed by atoms with Gasteiger partial charge in [0.1, 0.15) is 6.10 Å². The summed E-state index contributed by atoms with van der Waals surface area (Å²) >= 11 is 0. The van der Waals surface area contributed by atoms with Crippen LogP contribution in [-0.4, -0.2) is 18.9 Å². The lowest BCUT2D eigenvalue weighted by Gasteiger charge is -2.35. The van der Waals surface area contributed by atoms with E-state index in [9.17, 15) is 4.79 Å². The van der Waals surface area contributed by atoms with Gasteiger partial charge in [0, 0.05) is 0 Å². The molecule has 0 saturated heterocycles. The first-order chi connectivity index (χ1) is 15.5. The monoisotopic (exact) mass is 452 g/mol. The first kappa shape index (κ1) is 29.3. The third kappa shape index (κ3) is 15.2. The van der Waals surface area contributed by atoms with Crippen molar-refractivity contribution in [2.75, 3.05) is 6.61 Å². The maximum atomic E-state index is 12.0.